The first kappa shape index (κ1) is 36.3. The van der Waals surface area contributed by atoms with Crippen molar-refractivity contribution >= 4 is 43.6 Å². The summed E-state index contributed by atoms with van der Waals surface area (Å²) in [5.74, 6) is 0. The Morgan fingerprint density at radius 1 is 0.414 bits per heavy atom. The molecule has 0 unspecified atom stereocenters. The lowest BCUT2D eigenvalue weighted by Crippen LogP contribution is -2.07. The van der Waals surface area contributed by atoms with Gasteiger partial charge in [0.05, 0.1) is 67.8 Å². The first-order chi connectivity index (χ1) is 27.8. The molecule has 10 heteroatoms. The van der Waals surface area contributed by atoms with Crippen molar-refractivity contribution in [3.05, 3.63) is 167 Å². The van der Waals surface area contributed by atoms with Gasteiger partial charge in [0.1, 0.15) is 0 Å². The highest BCUT2D eigenvalue weighted by atomic mass is 19.4. The maximum atomic E-state index is 14.3. The number of halogens is 6. The van der Waals surface area contributed by atoms with E-state index in [1.54, 1.807) is 47.0 Å². The number of benzene rings is 7. The molecule has 0 aliphatic heterocycles. The molecule has 0 aliphatic carbocycles. The third-order valence-electron chi connectivity index (χ3n) is 10.8. The molecule has 0 saturated carbocycles. The second-order valence-corrected chi connectivity index (χ2v) is 14.4. The summed E-state index contributed by atoms with van der Waals surface area (Å²) in [5.41, 5.74) is 5.96. The Hall–Kier alpha value is -7.30. The second kappa shape index (κ2) is 13.1. The smallest absolute Gasteiger partial charge is 0.307 e. The molecule has 0 fully saturated rings. The highest BCUT2D eigenvalue weighted by molar-refractivity contribution is 6.12. The summed E-state index contributed by atoms with van der Waals surface area (Å²) in [6.07, 6.45) is -9.53. The molecule has 2 heterocycles. The third-order valence-corrected chi connectivity index (χ3v) is 10.8. The molecule has 0 atom stereocenters. The fraction of sp³-hybridized carbons (Fsp3) is 0.0833. The van der Waals surface area contributed by atoms with Crippen molar-refractivity contribution in [3.63, 3.8) is 0 Å². The van der Waals surface area contributed by atoms with Gasteiger partial charge in [0.15, 0.2) is 0 Å². The monoisotopic (exact) mass is 774 g/mol. The molecule has 0 amide bonds. The first-order valence-electron chi connectivity index (χ1n) is 18.2. The first-order valence-corrected chi connectivity index (χ1v) is 18.2. The zero-order chi connectivity index (χ0) is 40.7. The van der Waals surface area contributed by atoms with E-state index in [4.69, 9.17) is 0 Å². The normalized spacial score (nSPS) is 12.1. The lowest BCUT2D eigenvalue weighted by atomic mass is 9.89. The molecule has 9 rings (SSSR count). The van der Waals surface area contributed by atoms with E-state index in [1.165, 1.54) is 12.1 Å². The van der Waals surface area contributed by atoms with Crippen LogP contribution in [0.3, 0.4) is 0 Å². The molecule has 4 nitrogen and oxygen atoms in total. The van der Waals surface area contributed by atoms with Crippen LogP contribution in [0.5, 0.6) is 0 Å². The summed E-state index contributed by atoms with van der Waals surface area (Å²) in [6.45, 7) is 3.98. The number of hydrogen-bond donors (Lipinski definition) is 0. The number of aryl methyl sites for hydroxylation is 2. The molecule has 0 radical (unpaired) electrons. The quantitative estimate of drug-likeness (QED) is 0.167. The van der Waals surface area contributed by atoms with E-state index in [9.17, 15) is 36.9 Å². The summed E-state index contributed by atoms with van der Waals surface area (Å²) < 4.78 is 89.3. The molecule has 0 N–H and O–H groups in total. The van der Waals surface area contributed by atoms with Crippen molar-refractivity contribution < 1.29 is 26.3 Å². The van der Waals surface area contributed by atoms with Crippen LogP contribution >= 0.6 is 0 Å². The fourth-order valence-corrected chi connectivity index (χ4v) is 8.16. The minimum Gasteiger partial charge on any atom is -0.307 e. The van der Waals surface area contributed by atoms with E-state index < -0.39 is 23.5 Å². The molecular formula is C48H28F6N4. The van der Waals surface area contributed by atoms with E-state index in [1.807, 2.05) is 60.9 Å². The predicted molar refractivity (Wildman–Crippen MR) is 215 cm³/mol. The standard InChI is InChI=1S/C48H28F6N4/c1-27-11-15-41-37(19-27)38-20-28(2)12-16-42(38)57(41)45-23-35(33-9-5-3-7-29(33)25-55)36(34-10-6-4-8-30(34)26-56)24-46(45)58-43-17-13-31(47(49,50)51)21-39(43)40-22-32(48(52,53)54)14-18-44(40)58/h3-24H,1-2H3. The Kier molecular flexibility index (Phi) is 8.24. The van der Waals surface area contributed by atoms with Crippen LogP contribution in [-0.2, 0) is 12.4 Å². The van der Waals surface area contributed by atoms with Gasteiger partial charge in [-0.3, -0.25) is 0 Å². The topological polar surface area (TPSA) is 57.4 Å². The number of nitriles is 2. The lowest BCUT2D eigenvalue weighted by Gasteiger charge is -2.22. The molecule has 7 aromatic carbocycles. The van der Waals surface area contributed by atoms with Crippen LogP contribution in [0, 0.1) is 36.5 Å². The largest absolute Gasteiger partial charge is 0.416 e. The molecule has 0 bridgehead atoms. The van der Waals surface area contributed by atoms with Crippen molar-refractivity contribution in [1.29, 1.82) is 10.5 Å². The van der Waals surface area contributed by atoms with Gasteiger partial charge in [-0.1, -0.05) is 59.7 Å². The molecule has 2 aromatic heterocycles. The van der Waals surface area contributed by atoms with E-state index in [0.717, 1.165) is 57.2 Å². The molecule has 9 aromatic rings. The van der Waals surface area contributed by atoms with Gasteiger partial charge in [0, 0.05) is 32.7 Å². The van der Waals surface area contributed by atoms with E-state index in [2.05, 4.69) is 24.3 Å². The molecule has 58 heavy (non-hydrogen) atoms. The number of hydrogen-bond acceptors (Lipinski definition) is 2. The van der Waals surface area contributed by atoms with Crippen LogP contribution < -0.4 is 0 Å². The second-order valence-electron chi connectivity index (χ2n) is 14.4. The number of alkyl halides is 6. The Bertz CT molecular complexity index is 3130. The molecule has 0 saturated heterocycles. The molecule has 0 aliphatic rings. The van der Waals surface area contributed by atoms with E-state index >= 15 is 0 Å². The Morgan fingerprint density at radius 2 is 0.759 bits per heavy atom. The van der Waals surface area contributed by atoms with Crippen LogP contribution in [0.15, 0.2) is 133 Å². The maximum absolute atomic E-state index is 14.3. The van der Waals surface area contributed by atoms with Gasteiger partial charge < -0.3 is 9.13 Å². The average molecular weight is 775 g/mol. The SMILES string of the molecule is Cc1ccc2c(c1)c1cc(C)ccc1n2-c1cc(-c2ccccc2C#N)c(-c2ccccc2C#N)cc1-n1c2ccc(C(F)(F)F)cc2c2cc(C(F)(F)F)ccc21. The summed E-state index contributed by atoms with van der Waals surface area (Å²) in [6, 6.07) is 40.6. The van der Waals surface area contributed by atoms with Gasteiger partial charge in [0.25, 0.3) is 0 Å². The van der Waals surface area contributed by atoms with E-state index in [-0.39, 0.29) is 21.8 Å². The van der Waals surface area contributed by atoms with Gasteiger partial charge in [0.2, 0.25) is 0 Å². The van der Waals surface area contributed by atoms with Gasteiger partial charge in [-0.05, 0) is 110 Å². The molecule has 282 valence electrons. The van der Waals surface area contributed by atoms with Crippen LogP contribution in [0.1, 0.15) is 33.4 Å². The molecule has 0 spiro atoms. The number of aromatic nitrogens is 2. The molecular weight excluding hydrogens is 747 g/mol. The van der Waals surface area contributed by atoms with Gasteiger partial charge in [-0.2, -0.15) is 36.9 Å². The minimum atomic E-state index is -4.77. The average Bonchev–Trinajstić information content (AvgIpc) is 3.70. The minimum absolute atomic E-state index is 0.0202. The van der Waals surface area contributed by atoms with Crippen LogP contribution in [0.25, 0.3) is 77.2 Å². The summed E-state index contributed by atoms with van der Waals surface area (Å²) in [4.78, 5) is 0. The predicted octanol–water partition coefficient (Wildman–Crippen LogP) is 13.6. The number of nitrogens with zero attached hydrogens (tertiary/aromatic N) is 4. The van der Waals surface area contributed by atoms with Crippen molar-refractivity contribution in [2.45, 2.75) is 26.2 Å². The highest BCUT2D eigenvalue weighted by Crippen LogP contribution is 2.46. The van der Waals surface area contributed by atoms with Gasteiger partial charge in [-0.25, -0.2) is 0 Å². The Balaban J connectivity index is 1.53. The number of rotatable bonds is 4. The van der Waals surface area contributed by atoms with Crippen molar-refractivity contribution in [1.82, 2.24) is 9.13 Å². The zero-order valence-corrected chi connectivity index (χ0v) is 30.8. The maximum Gasteiger partial charge on any atom is 0.416 e. The highest BCUT2D eigenvalue weighted by Gasteiger charge is 2.34. The van der Waals surface area contributed by atoms with Crippen LogP contribution in [-0.4, -0.2) is 9.13 Å². The van der Waals surface area contributed by atoms with Gasteiger partial charge in [-0.15, -0.1) is 0 Å². The third kappa shape index (κ3) is 5.76. The van der Waals surface area contributed by atoms with Crippen LogP contribution in [0.2, 0.25) is 0 Å². The number of fused-ring (bicyclic) bond motifs is 6. The van der Waals surface area contributed by atoms with E-state index in [0.29, 0.717) is 44.8 Å². The van der Waals surface area contributed by atoms with Crippen molar-refractivity contribution in [2.75, 3.05) is 0 Å². The summed E-state index contributed by atoms with van der Waals surface area (Å²) in [5, 5.41) is 22.5. The zero-order valence-electron chi connectivity index (χ0n) is 30.8. The Morgan fingerprint density at radius 3 is 1.12 bits per heavy atom. The van der Waals surface area contributed by atoms with Crippen molar-refractivity contribution in [2.24, 2.45) is 0 Å². The van der Waals surface area contributed by atoms with Crippen molar-refractivity contribution in [3.8, 4) is 45.8 Å². The van der Waals surface area contributed by atoms with Crippen LogP contribution in [0.4, 0.5) is 26.3 Å². The lowest BCUT2D eigenvalue weighted by molar-refractivity contribution is -0.138. The summed E-state index contributed by atoms with van der Waals surface area (Å²) in [7, 11) is 0. The van der Waals surface area contributed by atoms with Gasteiger partial charge >= 0.3 is 12.4 Å². The summed E-state index contributed by atoms with van der Waals surface area (Å²) >= 11 is 0. The fourth-order valence-electron chi connectivity index (χ4n) is 8.16. The Labute approximate surface area is 327 Å².